The van der Waals surface area contributed by atoms with Gasteiger partial charge in [-0.25, -0.2) is 14.0 Å². The zero-order valence-electron chi connectivity index (χ0n) is 24.3. The molecule has 0 saturated carbocycles. The highest BCUT2D eigenvalue weighted by molar-refractivity contribution is 5.82. The molecule has 3 heterocycles. The van der Waals surface area contributed by atoms with Crippen LogP contribution in [0, 0.1) is 0 Å². The first-order chi connectivity index (χ1) is 22.3. The third-order valence-corrected chi connectivity index (χ3v) is 8.06. The van der Waals surface area contributed by atoms with Gasteiger partial charge in [0.2, 0.25) is 0 Å². The third kappa shape index (κ3) is 5.37. The van der Waals surface area contributed by atoms with Crippen molar-refractivity contribution in [2.45, 2.75) is 0 Å². The van der Waals surface area contributed by atoms with Crippen LogP contribution in [0.25, 0.3) is 61.6 Å². The van der Waals surface area contributed by atoms with Gasteiger partial charge < -0.3 is 0 Å². The third-order valence-electron chi connectivity index (χ3n) is 8.06. The summed E-state index contributed by atoms with van der Waals surface area (Å²) in [7, 11) is 0. The van der Waals surface area contributed by atoms with Gasteiger partial charge >= 0.3 is 0 Å². The Morgan fingerprint density at radius 1 is 0.289 bits per heavy atom. The summed E-state index contributed by atoms with van der Waals surface area (Å²) in [4.78, 5) is 0. The summed E-state index contributed by atoms with van der Waals surface area (Å²) < 4.78 is 5.62. The van der Waals surface area contributed by atoms with E-state index >= 15 is 0 Å². The van der Waals surface area contributed by atoms with Crippen LogP contribution in [0.3, 0.4) is 0 Å². The van der Waals surface area contributed by atoms with Crippen LogP contribution in [0.4, 0.5) is 0 Å². The molecule has 6 heteroatoms. The second kappa shape index (κ2) is 11.4. The zero-order valence-corrected chi connectivity index (χ0v) is 24.3. The van der Waals surface area contributed by atoms with Gasteiger partial charge in [0.15, 0.2) is 0 Å². The van der Waals surface area contributed by atoms with E-state index in [-0.39, 0.29) is 0 Å². The van der Waals surface area contributed by atoms with E-state index in [1.54, 1.807) is 18.6 Å². The fourth-order valence-electron chi connectivity index (χ4n) is 5.67. The molecule has 0 bridgehead atoms. The smallest absolute Gasteiger partial charge is 0.0645 e. The van der Waals surface area contributed by atoms with Crippen LogP contribution in [-0.2, 0) is 0 Å². The minimum Gasteiger partial charge on any atom is -0.241 e. The molecule has 0 radical (unpaired) electrons. The maximum atomic E-state index is 4.37. The summed E-state index contributed by atoms with van der Waals surface area (Å²) in [6.07, 6.45) is 11.2. The van der Waals surface area contributed by atoms with E-state index < -0.39 is 0 Å². The van der Waals surface area contributed by atoms with E-state index in [0.717, 1.165) is 50.4 Å². The van der Waals surface area contributed by atoms with Crippen molar-refractivity contribution in [2.24, 2.45) is 0 Å². The molecule has 0 atom stereocenters. The van der Waals surface area contributed by atoms with Gasteiger partial charge in [-0.1, -0.05) is 60.7 Å². The molecule has 0 aliphatic carbocycles. The summed E-state index contributed by atoms with van der Waals surface area (Å²) >= 11 is 0. The zero-order chi connectivity index (χ0) is 30.0. The molecule has 214 valence electrons. The molecule has 5 aromatic carbocycles. The average Bonchev–Trinajstić information content (AvgIpc) is 3.93. The Kier molecular flexibility index (Phi) is 6.70. The topological polar surface area (TPSA) is 53.5 Å². The molecule has 0 unspecified atom stereocenters. The molecule has 8 rings (SSSR count). The van der Waals surface area contributed by atoms with Gasteiger partial charge in [-0.3, -0.25) is 0 Å². The van der Waals surface area contributed by atoms with Crippen molar-refractivity contribution >= 4 is 0 Å². The number of benzene rings is 5. The quantitative estimate of drug-likeness (QED) is 0.189. The molecular formula is C39H28N6. The Morgan fingerprint density at radius 2 is 0.533 bits per heavy atom. The SMILES string of the molecule is c1cnn(-c2ccc(-c3ccc(-c4cc(-c5ccc(-n6cccn6)cc5)cc(-c5ccc(-n6cccn6)cc5)c4)cc3)cc2)c1. The van der Waals surface area contributed by atoms with Crippen molar-refractivity contribution in [3.8, 4) is 61.6 Å². The monoisotopic (exact) mass is 580 g/mol. The van der Waals surface area contributed by atoms with Crippen molar-refractivity contribution in [1.82, 2.24) is 29.3 Å². The standard InChI is InChI=1S/C39H28N6/c1-20-40-43(23-1)37-14-8-30(9-15-37)29-4-6-31(7-5-29)34-26-35(32-10-16-38(17-11-32)44-24-2-21-41-44)28-36(27-34)33-12-18-39(19-13-33)45-25-3-22-42-45/h1-28H. The van der Waals surface area contributed by atoms with Gasteiger partial charge in [0.1, 0.15) is 0 Å². The van der Waals surface area contributed by atoms with Crippen LogP contribution in [0.5, 0.6) is 0 Å². The fraction of sp³-hybridized carbons (Fsp3) is 0. The van der Waals surface area contributed by atoms with Gasteiger partial charge in [0.25, 0.3) is 0 Å². The van der Waals surface area contributed by atoms with Gasteiger partial charge in [-0.05, 0) is 117 Å². The minimum atomic E-state index is 1.03. The second-order valence-electron chi connectivity index (χ2n) is 10.9. The summed E-state index contributed by atoms with van der Waals surface area (Å²) in [6, 6.07) is 47.0. The van der Waals surface area contributed by atoms with E-state index in [1.165, 1.54) is 11.1 Å². The molecule has 3 aromatic heterocycles. The Bertz CT molecular complexity index is 2050. The second-order valence-corrected chi connectivity index (χ2v) is 10.9. The van der Waals surface area contributed by atoms with E-state index in [4.69, 9.17) is 0 Å². The van der Waals surface area contributed by atoms with E-state index in [1.807, 2.05) is 50.8 Å². The van der Waals surface area contributed by atoms with Crippen LogP contribution in [-0.4, -0.2) is 29.3 Å². The minimum absolute atomic E-state index is 1.03. The number of nitrogens with zero attached hydrogens (tertiary/aromatic N) is 6. The Labute approximate surface area is 261 Å². The highest BCUT2D eigenvalue weighted by atomic mass is 15.3. The van der Waals surface area contributed by atoms with Gasteiger partial charge in [0.05, 0.1) is 17.1 Å². The lowest BCUT2D eigenvalue weighted by atomic mass is 9.92. The van der Waals surface area contributed by atoms with E-state index in [2.05, 4.69) is 131 Å². The number of hydrogen-bond acceptors (Lipinski definition) is 3. The molecule has 0 aliphatic rings. The van der Waals surface area contributed by atoms with Gasteiger partial charge in [-0.15, -0.1) is 0 Å². The summed E-state index contributed by atoms with van der Waals surface area (Å²) in [5.74, 6) is 0. The fourth-order valence-corrected chi connectivity index (χ4v) is 5.67. The summed E-state index contributed by atoms with van der Waals surface area (Å²) in [5, 5.41) is 13.1. The summed E-state index contributed by atoms with van der Waals surface area (Å²) in [5.41, 5.74) is 12.4. The first-order valence-corrected chi connectivity index (χ1v) is 14.8. The molecular weight excluding hydrogens is 552 g/mol. The number of rotatable bonds is 7. The molecule has 0 fully saturated rings. The predicted octanol–water partition coefficient (Wildman–Crippen LogP) is 8.91. The summed E-state index contributed by atoms with van der Waals surface area (Å²) in [6.45, 7) is 0. The van der Waals surface area contributed by atoms with Crippen molar-refractivity contribution in [1.29, 1.82) is 0 Å². The first kappa shape index (κ1) is 26.4. The Balaban J connectivity index is 1.15. The lowest BCUT2D eigenvalue weighted by molar-refractivity contribution is 0.881. The van der Waals surface area contributed by atoms with E-state index in [0.29, 0.717) is 0 Å². The van der Waals surface area contributed by atoms with Crippen LogP contribution in [0.15, 0.2) is 171 Å². The lowest BCUT2D eigenvalue weighted by Gasteiger charge is -2.13. The Morgan fingerprint density at radius 3 is 0.778 bits per heavy atom. The van der Waals surface area contributed by atoms with Crippen LogP contribution in [0.1, 0.15) is 0 Å². The molecule has 0 N–H and O–H groups in total. The highest BCUT2D eigenvalue weighted by Crippen LogP contribution is 2.34. The normalized spacial score (nSPS) is 11.1. The largest absolute Gasteiger partial charge is 0.241 e. The maximum Gasteiger partial charge on any atom is 0.0645 e. The molecule has 0 saturated heterocycles. The van der Waals surface area contributed by atoms with Crippen LogP contribution < -0.4 is 0 Å². The van der Waals surface area contributed by atoms with Crippen LogP contribution >= 0.6 is 0 Å². The molecule has 8 aromatic rings. The van der Waals surface area contributed by atoms with Gasteiger partial charge in [0, 0.05) is 37.2 Å². The highest BCUT2D eigenvalue weighted by Gasteiger charge is 2.10. The number of aromatic nitrogens is 6. The first-order valence-electron chi connectivity index (χ1n) is 14.8. The molecule has 0 amide bonds. The molecule has 45 heavy (non-hydrogen) atoms. The van der Waals surface area contributed by atoms with Crippen molar-refractivity contribution in [3.05, 3.63) is 171 Å². The van der Waals surface area contributed by atoms with E-state index in [9.17, 15) is 0 Å². The molecule has 0 spiro atoms. The van der Waals surface area contributed by atoms with Crippen molar-refractivity contribution in [2.75, 3.05) is 0 Å². The predicted molar refractivity (Wildman–Crippen MR) is 180 cm³/mol. The Hall–Kier alpha value is -6.27. The number of hydrogen-bond donors (Lipinski definition) is 0. The van der Waals surface area contributed by atoms with Crippen molar-refractivity contribution < 1.29 is 0 Å². The van der Waals surface area contributed by atoms with Gasteiger partial charge in [-0.2, -0.15) is 15.3 Å². The average molecular weight is 581 g/mol. The maximum absolute atomic E-state index is 4.37. The van der Waals surface area contributed by atoms with Crippen LogP contribution in [0.2, 0.25) is 0 Å². The lowest BCUT2D eigenvalue weighted by Crippen LogP contribution is -1.94. The van der Waals surface area contributed by atoms with Crippen molar-refractivity contribution in [3.63, 3.8) is 0 Å². The molecule has 0 aliphatic heterocycles. The molecule has 6 nitrogen and oxygen atoms in total.